The molecule has 1 N–H and O–H groups in total. The van der Waals surface area contributed by atoms with E-state index in [1.54, 1.807) is 34.1 Å². The number of carbonyl (C=O) groups is 4. The van der Waals surface area contributed by atoms with Crippen molar-refractivity contribution in [1.82, 2.24) is 9.80 Å². The van der Waals surface area contributed by atoms with E-state index in [0.29, 0.717) is 30.9 Å². The van der Waals surface area contributed by atoms with Crippen LogP contribution in [-0.2, 0) is 19.1 Å². The van der Waals surface area contributed by atoms with Crippen LogP contribution in [-0.4, -0.2) is 65.8 Å². The molecule has 0 saturated carbocycles. The van der Waals surface area contributed by atoms with Crippen LogP contribution in [0.1, 0.15) is 44.5 Å². The van der Waals surface area contributed by atoms with Gasteiger partial charge in [-0.2, -0.15) is 0 Å². The molecule has 0 aliphatic carbocycles. The fourth-order valence-corrected chi connectivity index (χ4v) is 3.26. The van der Waals surface area contributed by atoms with Gasteiger partial charge in [-0.05, 0) is 45.9 Å². The molecule has 1 aromatic carbocycles. The number of likely N-dealkylation sites (tertiary alicyclic amines) is 1. The maximum atomic E-state index is 12.4. The number of amides is 3. The second-order valence-electron chi connectivity index (χ2n) is 7.26. The van der Waals surface area contributed by atoms with Gasteiger partial charge in [0.25, 0.3) is 11.8 Å². The minimum Gasteiger partial charge on any atom is -0.455 e. The Morgan fingerprint density at radius 1 is 1.24 bits per heavy atom. The molecule has 1 fully saturated rings. The van der Waals surface area contributed by atoms with Crippen molar-refractivity contribution in [1.29, 1.82) is 0 Å². The zero-order valence-corrected chi connectivity index (χ0v) is 17.4. The molecule has 1 aliphatic heterocycles. The lowest BCUT2D eigenvalue weighted by Gasteiger charge is -2.20. The van der Waals surface area contributed by atoms with Crippen LogP contribution in [0.5, 0.6) is 0 Å². The SMILES string of the molecule is CCN(CC)C(=O)c1cccc(NC(=O)COC(=O)C2CC(=O)N(C(C)C)C2)c1. The Morgan fingerprint density at radius 2 is 1.93 bits per heavy atom. The van der Waals surface area contributed by atoms with Crippen LogP contribution >= 0.6 is 0 Å². The summed E-state index contributed by atoms with van der Waals surface area (Å²) in [5, 5.41) is 2.63. The number of benzene rings is 1. The molecule has 1 aliphatic rings. The lowest BCUT2D eigenvalue weighted by atomic mass is 10.1. The summed E-state index contributed by atoms with van der Waals surface area (Å²) in [5.74, 6) is -1.80. The molecule has 3 amide bonds. The highest BCUT2D eigenvalue weighted by Gasteiger charge is 2.36. The minimum absolute atomic E-state index is 0.0231. The Balaban J connectivity index is 1.88. The van der Waals surface area contributed by atoms with Crippen LogP contribution in [0.4, 0.5) is 5.69 Å². The van der Waals surface area contributed by atoms with Crippen molar-refractivity contribution in [2.75, 3.05) is 31.6 Å². The summed E-state index contributed by atoms with van der Waals surface area (Å²) in [7, 11) is 0. The number of nitrogens with one attached hydrogen (secondary N) is 1. The molecule has 158 valence electrons. The van der Waals surface area contributed by atoms with Gasteiger partial charge in [-0.1, -0.05) is 6.07 Å². The number of rotatable bonds is 8. The Bertz CT molecular complexity index is 773. The fraction of sp³-hybridized carbons (Fsp3) is 0.524. The third-order valence-electron chi connectivity index (χ3n) is 4.90. The highest BCUT2D eigenvalue weighted by molar-refractivity contribution is 5.98. The summed E-state index contributed by atoms with van der Waals surface area (Å²) < 4.78 is 5.08. The van der Waals surface area contributed by atoms with Gasteiger partial charge >= 0.3 is 5.97 Å². The quantitative estimate of drug-likeness (QED) is 0.669. The second kappa shape index (κ2) is 10.0. The van der Waals surface area contributed by atoms with Gasteiger partial charge in [-0.25, -0.2) is 0 Å². The van der Waals surface area contributed by atoms with Gasteiger partial charge in [-0.15, -0.1) is 0 Å². The van der Waals surface area contributed by atoms with E-state index < -0.39 is 24.4 Å². The third-order valence-corrected chi connectivity index (χ3v) is 4.90. The average molecular weight is 403 g/mol. The number of anilines is 1. The number of hydrogen-bond acceptors (Lipinski definition) is 5. The van der Waals surface area contributed by atoms with Gasteiger partial charge in [0.15, 0.2) is 6.61 Å². The highest BCUT2D eigenvalue weighted by Crippen LogP contribution is 2.21. The van der Waals surface area contributed by atoms with Crippen molar-refractivity contribution in [3.63, 3.8) is 0 Å². The minimum atomic E-state index is -0.554. The molecule has 1 heterocycles. The molecule has 1 aromatic rings. The standard InChI is InChI=1S/C21H29N3O5/c1-5-23(6-2)20(27)15-8-7-9-17(10-15)22-18(25)13-29-21(28)16-11-19(26)24(12-16)14(3)4/h7-10,14,16H,5-6,11-13H2,1-4H3,(H,22,25). The van der Waals surface area contributed by atoms with Crippen LogP contribution < -0.4 is 5.32 Å². The molecule has 1 atom stereocenters. The molecule has 8 nitrogen and oxygen atoms in total. The molecule has 29 heavy (non-hydrogen) atoms. The molecule has 0 bridgehead atoms. The summed E-state index contributed by atoms with van der Waals surface area (Å²) >= 11 is 0. The van der Waals surface area contributed by atoms with Crippen molar-refractivity contribution in [3.05, 3.63) is 29.8 Å². The van der Waals surface area contributed by atoms with Crippen molar-refractivity contribution >= 4 is 29.4 Å². The first kappa shape index (κ1) is 22.4. The van der Waals surface area contributed by atoms with E-state index in [-0.39, 0.29) is 24.3 Å². The maximum absolute atomic E-state index is 12.4. The predicted octanol–water partition coefficient (Wildman–Crippen LogP) is 1.91. The lowest BCUT2D eigenvalue weighted by molar-refractivity contribution is -0.151. The van der Waals surface area contributed by atoms with Crippen molar-refractivity contribution < 1.29 is 23.9 Å². The first-order chi connectivity index (χ1) is 13.8. The molecular formula is C21H29N3O5. The average Bonchev–Trinajstić information content (AvgIpc) is 3.09. The van der Waals surface area contributed by atoms with E-state index in [4.69, 9.17) is 4.74 Å². The zero-order chi connectivity index (χ0) is 21.6. The Morgan fingerprint density at radius 3 is 2.52 bits per heavy atom. The van der Waals surface area contributed by atoms with Gasteiger partial charge in [0.1, 0.15) is 0 Å². The molecule has 8 heteroatoms. The van der Waals surface area contributed by atoms with Gasteiger partial charge in [-0.3, -0.25) is 19.2 Å². The maximum Gasteiger partial charge on any atom is 0.311 e. The number of nitrogens with zero attached hydrogens (tertiary/aromatic N) is 2. The van der Waals surface area contributed by atoms with Crippen LogP contribution in [0.15, 0.2) is 24.3 Å². The first-order valence-electron chi connectivity index (χ1n) is 9.92. The van der Waals surface area contributed by atoms with E-state index in [2.05, 4.69) is 5.32 Å². The second-order valence-corrected chi connectivity index (χ2v) is 7.26. The van der Waals surface area contributed by atoms with Crippen LogP contribution in [0, 0.1) is 5.92 Å². The van der Waals surface area contributed by atoms with E-state index in [9.17, 15) is 19.2 Å². The number of ether oxygens (including phenoxy) is 1. The monoisotopic (exact) mass is 403 g/mol. The van der Waals surface area contributed by atoms with Crippen LogP contribution in [0.2, 0.25) is 0 Å². The number of hydrogen-bond donors (Lipinski definition) is 1. The predicted molar refractivity (Wildman–Crippen MR) is 108 cm³/mol. The topological polar surface area (TPSA) is 96.0 Å². The summed E-state index contributed by atoms with van der Waals surface area (Å²) in [4.78, 5) is 51.9. The normalized spacial score (nSPS) is 16.1. The van der Waals surface area contributed by atoms with Gasteiger partial charge in [0.05, 0.1) is 5.92 Å². The van der Waals surface area contributed by atoms with E-state index in [0.717, 1.165) is 0 Å². The molecule has 1 saturated heterocycles. The van der Waals surface area contributed by atoms with E-state index in [1.807, 2.05) is 27.7 Å². The summed E-state index contributed by atoms with van der Waals surface area (Å²) in [6.45, 7) is 8.64. The summed E-state index contributed by atoms with van der Waals surface area (Å²) in [6.07, 6.45) is 0.105. The third kappa shape index (κ3) is 5.79. The largest absolute Gasteiger partial charge is 0.455 e. The van der Waals surface area contributed by atoms with Crippen molar-refractivity contribution in [2.24, 2.45) is 5.92 Å². The van der Waals surface area contributed by atoms with Crippen molar-refractivity contribution in [3.8, 4) is 0 Å². The Labute approximate surface area is 171 Å². The van der Waals surface area contributed by atoms with E-state index in [1.165, 1.54) is 0 Å². The van der Waals surface area contributed by atoms with Gasteiger partial charge < -0.3 is 19.9 Å². The summed E-state index contributed by atoms with van der Waals surface area (Å²) in [5.41, 5.74) is 0.924. The highest BCUT2D eigenvalue weighted by atomic mass is 16.5. The Kier molecular flexibility index (Phi) is 7.75. The van der Waals surface area contributed by atoms with Crippen LogP contribution in [0.25, 0.3) is 0 Å². The molecular weight excluding hydrogens is 374 g/mol. The first-order valence-corrected chi connectivity index (χ1v) is 9.92. The molecule has 0 radical (unpaired) electrons. The Hall–Kier alpha value is -2.90. The zero-order valence-electron chi connectivity index (χ0n) is 17.4. The molecule has 0 aromatic heterocycles. The lowest BCUT2D eigenvalue weighted by Crippen LogP contribution is -2.33. The van der Waals surface area contributed by atoms with Gasteiger partial charge in [0.2, 0.25) is 5.91 Å². The summed E-state index contributed by atoms with van der Waals surface area (Å²) in [6, 6.07) is 6.65. The van der Waals surface area contributed by atoms with Crippen LogP contribution in [0.3, 0.4) is 0 Å². The van der Waals surface area contributed by atoms with Crippen molar-refractivity contribution in [2.45, 2.75) is 40.2 Å². The number of esters is 1. The number of carbonyl (C=O) groups excluding carboxylic acids is 4. The van der Waals surface area contributed by atoms with E-state index >= 15 is 0 Å². The fourth-order valence-electron chi connectivity index (χ4n) is 3.26. The smallest absolute Gasteiger partial charge is 0.311 e. The molecule has 0 spiro atoms. The van der Waals surface area contributed by atoms with Gasteiger partial charge in [0, 0.05) is 43.3 Å². The molecule has 2 rings (SSSR count). The molecule has 1 unspecified atom stereocenters.